The van der Waals surface area contributed by atoms with Crippen molar-refractivity contribution >= 4 is 22.6 Å². The second kappa shape index (κ2) is 9.84. The molecule has 0 spiro atoms. The smallest absolute Gasteiger partial charge is 0.254 e. The van der Waals surface area contributed by atoms with Gasteiger partial charge in [-0.15, -0.1) is 0 Å². The van der Waals surface area contributed by atoms with Crippen LogP contribution in [0.1, 0.15) is 18.1 Å². The summed E-state index contributed by atoms with van der Waals surface area (Å²) in [6.07, 6.45) is -0.675. The van der Waals surface area contributed by atoms with Gasteiger partial charge in [0.2, 0.25) is 5.91 Å². The minimum Gasteiger partial charge on any atom is -0.368 e. The zero-order valence-electron chi connectivity index (χ0n) is 14.5. The maximum absolute atomic E-state index is 12.5. The van der Waals surface area contributed by atoms with Crippen molar-refractivity contribution < 1.29 is 18.5 Å². The minimum absolute atomic E-state index is 0.174. The van der Waals surface area contributed by atoms with Gasteiger partial charge in [0.25, 0.3) is 5.91 Å². The third-order valence-electron chi connectivity index (χ3n) is 3.83. The number of nitrogens with two attached hydrogens (primary N) is 1. The lowest BCUT2D eigenvalue weighted by atomic mass is 10.1. The molecule has 0 aliphatic carbocycles. The van der Waals surface area contributed by atoms with Gasteiger partial charge in [0.1, 0.15) is 6.04 Å². The number of hydrogen-bond acceptors (Lipinski definition) is 4. The number of ether oxygens (including phenoxy) is 1. The number of amides is 2. The van der Waals surface area contributed by atoms with Crippen molar-refractivity contribution in [2.45, 2.75) is 23.5 Å². The van der Waals surface area contributed by atoms with Crippen molar-refractivity contribution in [1.29, 1.82) is 0 Å². The molecule has 0 aromatic heterocycles. The summed E-state index contributed by atoms with van der Waals surface area (Å²) in [6, 6.07) is 17.0. The highest BCUT2D eigenvalue weighted by molar-refractivity contribution is 7.85. The molecule has 0 aliphatic rings. The molecule has 3 atom stereocenters. The predicted octanol–water partition coefficient (Wildman–Crippen LogP) is 1.54. The first kappa shape index (κ1) is 19.8. The Morgan fingerprint density at radius 2 is 1.65 bits per heavy atom. The van der Waals surface area contributed by atoms with E-state index in [-0.39, 0.29) is 12.2 Å². The SMILES string of the molecule is CO[C@@H](C(=O)N[C@H](CC[S@](=O)c1ccccc1)C(N)=O)c1ccccc1. The molecule has 3 N–H and O–H groups in total. The highest BCUT2D eigenvalue weighted by Crippen LogP contribution is 2.17. The van der Waals surface area contributed by atoms with Crippen molar-refractivity contribution in [1.82, 2.24) is 5.32 Å². The number of benzene rings is 2. The van der Waals surface area contributed by atoms with Crippen LogP contribution in [0, 0.1) is 0 Å². The van der Waals surface area contributed by atoms with E-state index in [1.807, 2.05) is 12.1 Å². The maximum atomic E-state index is 12.5. The first-order valence-electron chi connectivity index (χ1n) is 8.13. The van der Waals surface area contributed by atoms with Crippen LogP contribution in [0.2, 0.25) is 0 Å². The normalized spacial score (nSPS) is 14.2. The molecule has 2 aromatic rings. The molecule has 6 nitrogen and oxygen atoms in total. The summed E-state index contributed by atoms with van der Waals surface area (Å²) in [6.45, 7) is 0. The van der Waals surface area contributed by atoms with Gasteiger partial charge in [-0.3, -0.25) is 13.8 Å². The molecular formula is C19H22N2O4S. The van der Waals surface area contributed by atoms with Crippen molar-refractivity contribution in [2.24, 2.45) is 5.73 Å². The van der Waals surface area contributed by atoms with Crippen molar-refractivity contribution in [3.63, 3.8) is 0 Å². The standard InChI is InChI=1S/C19H22N2O4S/c1-25-17(14-8-4-2-5-9-14)19(23)21-16(18(20)22)12-13-26(24)15-10-6-3-7-11-15/h2-11,16-17H,12-13H2,1H3,(H2,20,22)(H,21,23)/t16-,17-,26+/m1/s1. The summed E-state index contributed by atoms with van der Waals surface area (Å²) >= 11 is 0. The Morgan fingerprint density at radius 1 is 1.08 bits per heavy atom. The largest absolute Gasteiger partial charge is 0.368 e. The fourth-order valence-corrected chi connectivity index (χ4v) is 3.62. The van der Waals surface area contributed by atoms with Gasteiger partial charge in [0.05, 0.1) is 10.8 Å². The molecule has 2 rings (SSSR count). The summed E-state index contributed by atoms with van der Waals surface area (Å²) in [5.41, 5.74) is 6.07. The van der Waals surface area contributed by atoms with Crippen LogP contribution >= 0.6 is 0 Å². The Morgan fingerprint density at radius 3 is 2.19 bits per heavy atom. The first-order chi connectivity index (χ1) is 12.5. The Bertz CT molecular complexity index is 753. The summed E-state index contributed by atoms with van der Waals surface area (Å²) in [4.78, 5) is 24.9. The van der Waals surface area contributed by atoms with Gasteiger partial charge in [-0.05, 0) is 24.1 Å². The fraction of sp³-hybridized carbons (Fsp3) is 0.263. The van der Waals surface area contributed by atoms with Crippen LogP contribution < -0.4 is 11.1 Å². The van der Waals surface area contributed by atoms with Crippen molar-refractivity contribution in [3.05, 3.63) is 66.2 Å². The topological polar surface area (TPSA) is 98.5 Å². The van der Waals surface area contributed by atoms with Gasteiger partial charge in [0, 0.05) is 17.8 Å². The average molecular weight is 374 g/mol. The van der Waals surface area contributed by atoms with E-state index in [0.717, 1.165) is 0 Å². The quantitative estimate of drug-likeness (QED) is 0.695. The van der Waals surface area contributed by atoms with E-state index in [0.29, 0.717) is 10.5 Å². The van der Waals surface area contributed by atoms with Crippen LogP contribution in [-0.2, 0) is 25.1 Å². The molecular weight excluding hydrogens is 352 g/mol. The third kappa shape index (κ3) is 5.50. The molecule has 0 saturated carbocycles. The summed E-state index contributed by atoms with van der Waals surface area (Å²) in [5.74, 6) is -0.930. The minimum atomic E-state index is -1.27. The van der Waals surface area contributed by atoms with Gasteiger partial charge in [-0.1, -0.05) is 48.5 Å². The van der Waals surface area contributed by atoms with E-state index in [9.17, 15) is 13.8 Å². The molecule has 7 heteroatoms. The Hall–Kier alpha value is -2.51. The number of carbonyl (C=O) groups is 2. The summed E-state index contributed by atoms with van der Waals surface area (Å²) in [5, 5.41) is 2.60. The van der Waals surface area contributed by atoms with E-state index in [1.54, 1.807) is 48.5 Å². The second-order valence-electron chi connectivity index (χ2n) is 5.64. The molecule has 2 aromatic carbocycles. The number of nitrogens with one attached hydrogen (secondary N) is 1. The monoisotopic (exact) mass is 374 g/mol. The Labute approximate surface area is 155 Å². The molecule has 0 radical (unpaired) electrons. The van der Waals surface area contributed by atoms with Gasteiger partial charge in [-0.25, -0.2) is 0 Å². The zero-order chi connectivity index (χ0) is 18.9. The van der Waals surface area contributed by atoms with Crippen LogP contribution in [-0.4, -0.2) is 34.9 Å². The first-order valence-corrected chi connectivity index (χ1v) is 9.45. The Kier molecular flexibility index (Phi) is 7.50. The lowest BCUT2D eigenvalue weighted by Crippen LogP contribution is -2.47. The number of rotatable bonds is 9. The highest BCUT2D eigenvalue weighted by atomic mass is 32.2. The van der Waals surface area contributed by atoms with Crippen LogP contribution in [0.25, 0.3) is 0 Å². The van der Waals surface area contributed by atoms with E-state index < -0.39 is 34.8 Å². The third-order valence-corrected chi connectivity index (χ3v) is 5.24. The average Bonchev–Trinajstić information content (AvgIpc) is 2.66. The molecule has 0 saturated heterocycles. The van der Waals surface area contributed by atoms with Crippen molar-refractivity contribution in [3.8, 4) is 0 Å². The molecule has 26 heavy (non-hydrogen) atoms. The summed E-state index contributed by atoms with van der Waals surface area (Å²) in [7, 11) is 0.143. The lowest BCUT2D eigenvalue weighted by molar-refractivity contribution is -0.135. The molecule has 0 unspecified atom stereocenters. The fourth-order valence-electron chi connectivity index (χ4n) is 2.47. The van der Waals surface area contributed by atoms with Gasteiger partial charge < -0.3 is 15.8 Å². The van der Waals surface area contributed by atoms with E-state index in [4.69, 9.17) is 10.5 Å². The zero-order valence-corrected chi connectivity index (χ0v) is 15.3. The summed E-state index contributed by atoms with van der Waals surface area (Å²) < 4.78 is 17.5. The van der Waals surface area contributed by atoms with E-state index in [1.165, 1.54) is 7.11 Å². The van der Waals surface area contributed by atoms with Crippen LogP contribution in [0.4, 0.5) is 0 Å². The van der Waals surface area contributed by atoms with E-state index in [2.05, 4.69) is 5.32 Å². The lowest BCUT2D eigenvalue weighted by Gasteiger charge is -2.20. The van der Waals surface area contributed by atoms with Crippen LogP contribution in [0.3, 0.4) is 0 Å². The number of hydrogen-bond donors (Lipinski definition) is 2. The van der Waals surface area contributed by atoms with Gasteiger partial charge >= 0.3 is 0 Å². The number of primary amides is 1. The molecule has 0 fully saturated rings. The Balaban J connectivity index is 2.00. The van der Waals surface area contributed by atoms with Gasteiger partial charge in [0.15, 0.2) is 6.10 Å². The highest BCUT2D eigenvalue weighted by Gasteiger charge is 2.25. The molecule has 0 bridgehead atoms. The van der Waals surface area contributed by atoms with E-state index >= 15 is 0 Å². The van der Waals surface area contributed by atoms with Crippen LogP contribution in [0.15, 0.2) is 65.6 Å². The molecule has 138 valence electrons. The number of methoxy groups -OCH3 is 1. The maximum Gasteiger partial charge on any atom is 0.254 e. The van der Waals surface area contributed by atoms with Crippen LogP contribution in [0.5, 0.6) is 0 Å². The molecule has 0 aliphatic heterocycles. The molecule has 2 amide bonds. The van der Waals surface area contributed by atoms with Gasteiger partial charge in [-0.2, -0.15) is 0 Å². The number of carbonyl (C=O) groups excluding carboxylic acids is 2. The molecule has 0 heterocycles. The van der Waals surface area contributed by atoms with Crippen molar-refractivity contribution in [2.75, 3.05) is 12.9 Å². The predicted molar refractivity (Wildman–Crippen MR) is 99.7 cm³/mol. The second-order valence-corrected chi connectivity index (χ2v) is 7.21.